The Morgan fingerprint density at radius 2 is 1.67 bits per heavy atom. The molecular formula is C12H22N4O4S. The fourth-order valence-electron chi connectivity index (χ4n) is 1.64. The molecule has 1 N–H and O–H groups in total. The molecule has 0 atom stereocenters. The third-order valence-corrected chi connectivity index (χ3v) is 4.13. The van der Waals surface area contributed by atoms with Gasteiger partial charge in [0.05, 0.1) is 26.0 Å². The normalized spacial score (nSPS) is 11.5. The van der Waals surface area contributed by atoms with Crippen molar-refractivity contribution >= 4 is 16.0 Å². The first-order valence-electron chi connectivity index (χ1n) is 6.64. The Bertz CT molecular complexity index is 524. The van der Waals surface area contributed by atoms with E-state index in [9.17, 15) is 8.42 Å². The second-order valence-corrected chi connectivity index (χ2v) is 6.07. The number of hydrogen-bond acceptors (Lipinski definition) is 7. The van der Waals surface area contributed by atoms with Crippen LogP contribution in [0, 0.1) is 0 Å². The van der Waals surface area contributed by atoms with Gasteiger partial charge in [-0.25, -0.2) is 8.42 Å². The lowest BCUT2D eigenvalue weighted by atomic mass is 10.5. The summed E-state index contributed by atoms with van der Waals surface area (Å²) in [4.78, 5) is 9.89. The van der Waals surface area contributed by atoms with Gasteiger partial charge in [0.15, 0.2) is 0 Å². The van der Waals surface area contributed by atoms with E-state index >= 15 is 0 Å². The summed E-state index contributed by atoms with van der Waals surface area (Å²) in [6.45, 7) is 6.02. The minimum Gasteiger partial charge on any atom is -0.481 e. The number of nitrogens with one attached hydrogen (secondary N) is 1. The predicted octanol–water partition coefficient (Wildman–Crippen LogP) is 0.577. The van der Waals surface area contributed by atoms with E-state index in [-0.39, 0.29) is 23.5 Å². The lowest BCUT2D eigenvalue weighted by Gasteiger charge is -2.17. The summed E-state index contributed by atoms with van der Waals surface area (Å²) in [5, 5.41) is 0. The summed E-state index contributed by atoms with van der Waals surface area (Å²) < 4.78 is 36.3. The molecule has 8 nitrogen and oxygen atoms in total. The van der Waals surface area contributed by atoms with Crippen molar-refractivity contribution < 1.29 is 17.9 Å². The van der Waals surface area contributed by atoms with Gasteiger partial charge in [0.25, 0.3) is 0 Å². The van der Waals surface area contributed by atoms with Crippen molar-refractivity contribution in [2.24, 2.45) is 0 Å². The second-order valence-electron chi connectivity index (χ2n) is 4.22. The molecule has 0 aliphatic heterocycles. The largest absolute Gasteiger partial charge is 0.481 e. The van der Waals surface area contributed by atoms with E-state index in [1.54, 1.807) is 0 Å². The maximum atomic E-state index is 12.0. The van der Waals surface area contributed by atoms with Gasteiger partial charge in [-0.05, 0) is 13.1 Å². The van der Waals surface area contributed by atoms with Gasteiger partial charge in [-0.1, -0.05) is 13.8 Å². The Balaban J connectivity index is 2.79. The number of methoxy groups -OCH3 is 2. The second kappa shape index (κ2) is 7.99. The molecule has 0 amide bonds. The summed E-state index contributed by atoms with van der Waals surface area (Å²) in [5.74, 6) is 0.356. The van der Waals surface area contributed by atoms with Crippen molar-refractivity contribution in [1.82, 2.24) is 14.9 Å². The Hall–Kier alpha value is -1.61. The number of anilines is 1. The molecule has 0 radical (unpaired) electrons. The number of nitrogens with zero attached hydrogens (tertiary/aromatic N) is 3. The van der Waals surface area contributed by atoms with Gasteiger partial charge in [0.1, 0.15) is 0 Å². The van der Waals surface area contributed by atoms with E-state index in [1.807, 2.05) is 18.7 Å². The van der Waals surface area contributed by atoms with Crippen LogP contribution in [0.4, 0.5) is 5.95 Å². The van der Waals surface area contributed by atoms with Gasteiger partial charge in [-0.15, -0.1) is 0 Å². The van der Waals surface area contributed by atoms with Crippen molar-refractivity contribution in [2.75, 3.05) is 44.3 Å². The Morgan fingerprint density at radius 1 is 1.14 bits per heavy atom. The van der Waals surface area contributed by atoms with E-state index < -0.39 is 10.0 Å². The summed E-state index contributed by atoms with van der Waals surface area (Å²) >= 11 is 0. The highest BCUT2D eigenvalue weighted by atomic mass is 32.2. The van der Waals surface area contributed by atoms with Crippen LogP contribution in [0.3, 0.4) is 0 Å². The zero-order valence-corrected chi connectivity index (χ0v) is 13.6. The standard InChI is InChI=1S/C12H22N4O4S/c1-5-16(6-2)7-8-21(17,18)15-12-13-10(19-3)9-11(14-12)20-4/h9H,5-8H2,1-4H3,(H,13,14,15). The zero-order valence-electron chi connectivity index (χ0n) is 12.8. The van der Waals surface area contributed by atoms with Crippen LogP contribution in [0.5, 0.6) is 11.8 Å². The SMILES string of the molecule is CCN(CC)CCS(=O)(=O)Nc1nc(OC)cc(OC)n1. The Kier molecular flexibility index (Phi) is 6.63. The van der Waals surface area contributed by atoms with Gasteiger partial charge >= 0.3 is 0 Å². The summed E-state index contributed by atoms with van der Waals surface area (Å²) in [6, 6.07) is 1.47. The van der Waals surface area contributed by atoms with Crippen molar-refractivity contribution in [3.63, 3.8) is 0 Å². The van der Waals surface area contributed by atoms with Crippen LogP contribution >= 0.6 is 0 Å². The molecule has 0 saturated heterocycles. The summed E-state index contributed by atoms with van der Waals surface area (Å²) in [6.07, 6.45) is 0. The third kappa shape index (κ3) is 5.72. The summed E-state index contributed by atoms with van der Waals surface area (Å²) in [7, 11) is -0.666. The molecule has 1 heterocycles. The molecule has 0 saturated carbocycles. The smallest absolute Gasteiger partial charge is 0.243 e. The highest BCUT2D eigenvalue weighted by Gasteiger charge is 2.15. The van der Waals surface area contributed by atoms with E-state index in [0.717, 1.165) is 13.1 Å². The minimum atomic E-state index is -3.53. The molecule has 120 valence electrons. The number of aromatic nitrogens is 2. The van der Waals surface area contributed by atoms with Crippen LogP contribution in [0.2, 0.25) is 0 Å². The number of sulfonamides is 1. The third-order valence-electron chi connectivity index (χ3n) is 2.91. The lowest BCUT2D eigenvalue weighted by molar-refractivity contribution is 0.322. The maximum Gasteiger partial charge on any atom is 0.243 e. The highest BCUT2D eigenvalue weighted by Crippen LogP contribution is 2.17. The van der Waals surface area contributed by atoms with E-state index in [2.05, 4.69) is 14.7 Å². The lowest BCUT2D eigenvalue weighted by Crippen LogP contribution is -2.31. The fraction of sp³-hybridized carbons (Fsp3) is 0.667. The molecule has 0 bridgehead atoms. The van der Waals surface area contributed by atoms with Crippen molar-refractivity contribution in [3.05, 3.63) is 6.07 Å². The number of rotatable bonds is 9. The first kappa shape index (κ1) is 17.4. The molecule has 21 heavy (non-hydrogen) atoms. The molecule has 0 aliphatic rings. The highest BCUT2D eigenvalue weighted by molar-refractivity contribution is 7.92. The van der Waals surface area contributed by atoms with Crippen LogP contribution in [0.15, 0.2) is 6.07 Å². The molecule has 1 aromatic heterocycles. The van der Waals surface area contributed by atoms with Gasteiger partial charge in [-0.2, -0.15) is 9.97 Å². The summed E-state index contributed by atoms with van der Waals surface area (Å²) in [5.41, 5.74) is 0. The molecule has 9 heteroatoms. The van der Waals surface area contributed by atoms with Crippen LogP contribution in [0.25, 0.3) is 0 Å². The first-order valence-corrected chi connectivity index (χ1v) is 8.29. The van der Waals surface area contributed by atoms with E-state index in [1.165, 1.54) is 20.3 Å². The quantitative estimate of drug-likeness (QED) is 0.711. The molecule has 0 unspecified atom stereocenters. The van der Waals surface area contributed by atoms with Crippen LogP contribution in [-0.4, -0.2) is 62.9 Å². The first-order chi connectivity index (χ1) is 9.93. The van der Waals surface area contributed by atoms with Crippen LogP contribution < -0.4 is 14.2 Å². The number of hydrogen-bond donors (Lipinski definition) is 1. The number of ether oxygens (including phenoxy) is 2. The average Bonchev–Trinajstić information content (AvgIpc) is 2.47. The van der Waals surface area contributed by atoms with Crippen LogP contribution in [-0.2, 0) is 10.0 Å². The molecule has 0 fully saturated rings. The van der Waals surface area contributed by atoms with Crippen molar-refractivity contribution in [2.45, 2.75) is 13.8 Å². The van der Waals surface area contributed by atoms with Gasteiger partial charge in [0, 0.05) is 6.54 Å². The monoisotopic (exact) mass is 318 g/mol. The zero-order chi connectivity index (χ0) is 15.9. The average molecular weight is 318 g/mol. The van der Waals surface area contributed by atoms with Gasteiger partial charge < -0.3 is 14.4 Å². The fourth-order valence-corrected chi connectivity index (χ4v) is 2.61. The van der Waals surface area contributed by atoms with E-state index in [0.29, 0.717) is 6.54 Å². The van der Waals surface area contributed by atoms with Gasteiger partial charge in [-0.3, -0.25) is 4.72 Å². The molecule has 0 spiro atoms. The van der Waals surface area contributed by atoms with Crippen molar-refractivity contribution in [3.8, 4) is 11.8 Å². The maximum absolute atomic E-state index is 12.0. The Morgan fingerprint density at radius 3 is 2.10 bits per heavy atom. The Labute approximate surface area is 125 Å². The molecule has 1 rings (SSSR count). The minimum absolute atomic E-state index is 0.0302. The predicted molar refractivity (Wildman–Crippen MR) is 80.3 cm³/mol. The van der Waals surface area contributed by atoms with Crippen LogP contribution in [0.1, 0.15) is 13.8 Å². The molecular weight excluding hydrogens is 296 g/mol. The van der Waals surface area contributed by atoms with E-state index in [4.69, 9.17) is 9.47 Å². The topological polar surface area (TPSA) is 93.7 Å². The molecule has 0 aromatic carbocycles. The molecule has 1 aromatic rings. The van der Waals surface area contributed by atoms with Gasteiger partial charge in [0.2, 0.25) is 27.7 Å². The molecule has 0 aliphatic carbocycles. The van der Waals surface area contributed by atoms with Crippen molar-refractivity contribution in [1.29, 1.82) is 0 Å².